The third-order valence-corrected chi connectivity index (χ3v) is 12.0. The molecule has 0 spiro atoms. The monoisotopic (exact) mass is 773 g/mol. The number of thiophene rings is 2. The Morgan fingerprint density at radius 2 is 1.22 bits per heavy atom. The minimum absolute atomic E-state index is 0.340. The van der Waals surface area contributed by atoms with E-state index in [0.717, 1.165) is 54.1 Å². The average Bonchev–Trinajstić information content (AvgIpc) is 4.06. The third kappa shape index (κ3) is 6.19. The maximum atomic E-state index is 15.9. The van der Waals surface area contributed by atoms with E-state index in [1.54, 1.807) is 53.3 Å². The Kier molecular flexibility index (Phi) is 8.16. The number of aromatic amines is 1. The molecule has 0 bridgehead atoms. The minimum atomic E-state index is -0.363. The summed E-state index contributed by atoms with van der Waals surface area (Å²) < 4.78 is 29.9. The molecule has 0 atom stereocenters. The first-order valence-electron chi connectivity index (χ1n) is 17.2. The minimum Gasteiger partial charge on any atom is -0.342 e. The molecule has 0 aliphatic rings. The van der Waals surface area contributed by atoms with Crippen LogP contribution in [-0.2, 0) is 0 Å². The van der Waals surface area contributed by atoms with Crippen LogP contribution in [0.15, 0.2) is 126 Å². The number of hydrogen-bond donors (Lipinski definition) is 1. The number of benzene rings is 4. The molecule has 6 heterocycles. The zero-order chi connectivity index (χ0) is 37.0. The first-order valence-corrected chi connectivity index (χ1v) is 19.8. The van der Waals surface area contributed by atoms with Crippen LogP contribution in [0.1, 0.15) is 5.69 Å². The summed E-state index contributed by atoms with van der Waals surface area (Å²) >= 11 is 4.54. The predicted molar refractivity (Wildman–Crippen MR) is 219 cm³/mol. The van der Waals surface area contributed by atoms with E-state index in [0.29, 0.717) is 49.8 Å². The van der Waals surface area contributed by atoms with Gasteiger partial charge in [0.15, 0.2) is 0 Å². The summed E-state index contributed by atoms with van der Waals surface area (Å²) in [5, 5.41) is 4.82. The second-order valence-corrected chi connectivity index (χ2v) is 15.8. The molecule has 0 unspecified atom stereocenters. The van der Waals surface area contributed by atoms with Gasteiger partial charge in [-0.2, -0.15) is 0 Å². The number of H-pyrrole nitrogens is 1. The number of aryl methyl sites for hydroxylation is 1. The van der Waals surface area contributed by atoms with Crippen molar-refractivity contribution < 1.29 is 8.78 Å². The van der Waals surface area contributed by atoms with Gasteiger partial charge in [0, 0.05) is 56.2 Å². The molecule has 0 saturated carbocycles. The largest absolute Gasteiger partial charge is 0.342 e. The lowest BCUT2D eigenvalue weighted by molar-refractivity contribution is 0.628. The average molecular weight is 774 g/mol. The van der Waals surface area contributed by atoms with E-state index in [1.807, 2.05) is 84.4 Å². The fraction of sp³-hybridized carbons (Fsp3) is 0.0233. The second-order valence-electron chi connectivity index (χ2n) is 12.8. The van der Waals surface area contributed by atoms with Gasteiger partial charge >= 0.3 is 0 Å². The van der Waals surface area contributed by atoms with Crippen LogP contribution in [0.5, 0.6) is 0 Å². The lowest BCUT2D eigenvalue weighted by Gasteiger charge is -2.12. The Morgan fingerprint density at radius 1 is 0.545 bits per heavy atom. The van der Waals surface area contributed by atoms with Crippen molar-refractivity contribution in [3.63, 3.8) is 0 Å². The predicted octanol–water partition coefficient (Wildman–Crippen LogP) is 12.1. The number of hydrogen-bond acceptors (Lipinski definition) is 9. The number of fused-ring (bicyclic) bond motifs is 2. The lowest BCUT2D eigenvalue weighted by atomic mass is 10.0. The summed E-state index contributed by atoms with van der Waals surface area (Å²) in [4.78, 5) is 35.1. The summed E-state index contributed by atoms with van der Waals surface area (Å²) in [5.74, 6) is 0.0627. The van der Waals surface area contributed by atoms with E-state index >= 15 is 4.39 Å². The summed E-state index contributed by atoms with van der Waals surface area (Å²) in [6.07, 6.45) is 3.57. The molecule has 4 aromatic carbocycles. The number of nitrogens with zero attached hydrogens (tertiary/aromatic N) is 6. The topological polar surface area (TPSA) is 93.1 Å². The van der Waals surface area contributed by atoms with Gasteiger partial charge in [-0.1, -0.05) is 6.07 Å². The quantitative estimate of drug-likeness (QED) is 0.173. The third-order valence-electron chi connectivity index (χ3n) is 9.20. The van der Waals surface area contributed by atoms with Crippen molar-refractivity contribution >= 4 is 56.1 Å². The molecule has 7 nitrogen and oxygen atoms in total. The molecular formula is C43H25F2N7S3. The molecule has 0 radical (unpaired) electrons. The van der Waals surface area contributed by atoms with Crippen LogP contribution < -0.4 is 0 Å². The van der Waals surface area contributed by atoms with Crippen LogP contribution in [0, 0.1) is 18.6 Å². The number of imidazole rings is 1. The Hall–Kier alpha value is -6.34. The van der Waals surface area contributed by atoms with Crippen molar-refractivity contribution in [2.24, 2.45) is 0 Å². The maximum Gasteiger partial charge on any atom is 0.137 e. The summed E-state index contributed by atoms with van der Waals surface area (Å²) in [6, 6.07) is 30.9. The van der Waals surface area contributed by atoms with Crippen LogP contribution in [-0.4, -0.2) is 34.9 Å². The number of thiazole rings is 1. The number of aromatic nitrogens is 7. The van der Waals surface area contributed by atoms with Crippen LogP contribution in [0.25, 0.3) is 98.1 Å². The van der Waals surface area contributed by atoms with Crippen molar-refractivity contribution in [1.29, 1.82) is 0 Å². The molecule has 6 aromatic heterocycles. The highest BCUT2D eigenvalue weighted by molar-refractivity contribution is 7.18. The van der Waals surface area contributed by atoms with Crippen LogP contribution in [0.2, 0.25) is 0 Å². The van der Waals surface area contributed by atoms with Crippen LogP contribution in [0.4, 0.5) is 8.78 Å². The molecule has 0 aliphatic carbocycles. The Bertz CT molecular complexity index is 3030. The summed E-state index contributed by atoms with van der Waals surface area (Å²) in [5.41, 5.74) is 10.2. The molecule has 12 heteroatoms. The van der Waals surface area contributed by atoms with E-state index in [-0.39, 0.29) is 11.6 Å². The number of halogens is 2. The van der Waals surface area contributed by atoms with Gasteiger partial charge in [0.05, 0.1) is 43.2 Å². The van der Waals surface area contributed by atoms with Crippen molar-refractivity contribution in [3.05, 3.63) is 144 Å². The van der Waals surface area contributed by atoms with E-state index in [9.17, 15) is 4.39 Å². The first kappa shape index (κ1) is 33.2. The maximum absolute atomic E-state index is 15.9. The highest BCUT2D eigenvalue weighted by Gasteiger charge is 2.20. The Labute approximate surface area is 324 Å². The number of nitrogens with one attached hydrogen (secondary N) is 1. The fourth-order valence-electron chi connectivity index (χ4n) is 6.55. The molecule has 264 valence electrons. The summed E-state index contributed by atoms with van der Waals surface area (Å²) in [7, 11) is 0. The molecule has 55 heavy (non-hydrogen) atoms. The van der Waals surface area contributed by atoms with Gasteiger partial charge in [0.25, 0.3) is 0 Å². The highest BCUT2D eigenvalue weighted by Crippen LogP contribution is 2.42. The van der Waals surface area contributed by atoms with E-state index < -0.39 is 0 Å². The van der Waals surface area contributed by atoms with Crippen LogP contribution in [0.3, 0.4) is 0 Å². The highest BCUT2D eigenvalue weighted by atomic mass is 32.1. The molecule has 0 fully saturated rings. The molecule has 0 aliphatic heterocycles. The summed E-state index contributed by atoms with van der Waals surface area (Å²) in [6.45, 7) is 1.97. The van der Waals surface area contributed by atoms with E-state index in [1.165, 1.54) is 29.5 Å². The smallest absolute Gasteiger partial charge is 0.137 e. The van der Waals surface area contributed by atoms with Crippen molar-refractivity contribution in [2.45, 2.75) is 6.92 Å². The SMILES string of the molecule is Cc1cnc(-c2ccc3nc(-c4ccc(F)c(-c5ccc(-c6nc7cc(-c8nccs8)ccc7nc6-c6ccc(F)cc6)s5)c4)c(-c4cccs4)nc3c2)[nH]1. The lowest BCUT2D eigenvalue weighted by Crippen LogP contribution is -1.96. The van der Waals surface area contributed by atoms with Gasteiger partial charge < -0.3 is 4.98 Å². The van der Waals surface area contributed by atoms with Gasteiger partial charge in [0.2, 0.25) is 0 Å². The van der Waals surface area contributed by atoms with Crippen molar-refractivity contribution in [1.82, 2.24) is 34.9 Å². The zero-order valence-electron chi connectivity index (χ0n) is 28.8. The van der Waals surface area contributed by atoms with E-state index in [2.05, 4.69) is 15.0 Å². The van der Waals surface area contributed by atoms with Crippen LogP contribution >= 0.6 is 34.0 Å². The van der Waals surface area contributed by atoms with Gasteiger partial charge in [0.1, 0.15) is 33.9 Å². The zero-order valence-corrected chi connectivity index (χ0v) is 31.2. The second kappa shape index (κ2) is 13.5. The molecular weight excluding hydrogens is 749 g/mol. The van der Waals surface area contributed by atoms with Gasteiger partial charge in [-0.25, -0.2) is 38.7 Å². The first-order chi connectivity index (χ1) is 26.9. The Morgan fingerprint density at radius 3 is 1.93 bits per heavy atom. The molecule has 1 N–H and O–H groups in total. The van der Waals surface area contributed by atoms with Crippen molar-refractivity contribution in [2.75, 3.05) is 0 Å². The Balaban J connectivity index is 1.08. The van der Waals surface area contributed by atoms with Gasteiger partial charge in [-0.15, -0.1) is 34.0 Å². The van der Waals surface area contributed by atoms with Crippen molar-refractivity contribution in [3.8, 4) is 76.1 Å². The van der Waals surface area contributed by atoms with E-state index in [4.69, 9.17) is 19.9 Å². The van der Waals surface area contributed by atoms with Gasteiger partial charge in [-0.3, -0.25) is 0 Å². The standard InChI is InChI=1S/C43H25F2N7S3/c1-23-22-47-42(48-23)26-7-12-31-33(20-26)51-40(36-3-2-17-53-36)39(50-31)25-6-11-30(45)29(19-25)35-14-15-37(55-35)41-38(24-4-9-28(44)10-5-24)49-32-13-8-27(21-34(32)52-41)43-46-16-18-54-43/h2-22H,1H3,(H,47,48). The number of rotatable bonds is 7. The normalized spacial score (nSPS) is 11.5. The van der Waals surface area contributed by atoms with Gasteiger partial charge in [-0.05, 0) is 109 Å². The molecule has 10 aromatic rings. The molecule has 0 amide bonds. The molecule has 10 rings (SSSR count). The fourth-order valence-corrected chi connectivity index (χ4v) is 8.92. The molecule has 0 saturated heterocycles.